The van der Waals surface area contributed by atoms with Gasteiger partial charge in [-0.25, -0.2) is 0 Å². The molecule has 1 rings (SSSR count). The number of aliphatic hydroxyl groups is 3. The summed E-state index contributed by atoms with van der Waals surface area (Å²) in [7, 11) is 0. The number of allylic oxidation sites excluding steroid dienone is 1. The third-order valence-electron chi connectivity index (χ3n) is 3.76. The van der Waals surface area contributed by atoms with E-state index < -0.39 is 11.7 Å². The summed E-state index contributed by atoms with van der Waals surface area (Å²) in [5, 5.41) is 28.6. The van der Waals surface area contributed by atoms with Crippen LogP contribution in [-0.4, -0.2) is 33.6 Å². The van der Waals surface area contributed by atoms with Crippen LogP contribution >= 0.6 is 0 Å². The number of hydrogen-bond acceptors (Lipinski definition) is 3. The van der Waals surface area contributed by atoms with Gasteiger partial charge in [0, 0.05) is 0 Å². The van der Waals surface area contributed by atoms with Crippen molar-refractivity contribution in [3.63, 3.8) is 0 Å². The lowest BCUT2D eigenvalue weighted by Gasteiger charge is -2.31. The average molecular weight is 254 g/mol. The smallest absolute Gasteiger partial charge is 0.0800 e. The van der Waals surface area contributed by atoms with Crippen molar-refractivity contribution in [1.29, 1.82) is 0 Å². The maximum Gasteiger partial charge on any atom is 0.0800 e. The molecule has 104 valence electrons. The Bertz CT molecular complexity index is 318. The summed E-state index contributed by atoms with van der Waals surface area (Å²) in [5.74, 6) is 0.790. The first-order valence-electron chi connectivity index (χ1n) is 6.72. The lowest BCUT2D eigenvalue weighted by atomic mass is 9.78. The van der Waals surface area contributed by atoms with E-state index in [0.29, 0.717) is 18.3 Å². The summed E-state index contributed by atoms with van der Waals surface area (Å²) in [5.41, 5.74) is 0.138. The van der Waals surface area contributed by atoms with E-state index in [2.05, 4.69) is 13.0 Å². The Kier molecular flexibility index (Phi) is 5.57. The van der Waals surface area contributed by atoms with Crippen LogP contribution in [-0.2, 0) is 0 Å². The SMILES string of the molecule is CC(=CC(O)CC(C)C1C=CC(C)(O)CC1)CO. The van der Waals surface area contributed by atoms with E-state index >= 15 is 0 Å². The predicted octanol–water partition coefficient (Wildman–Crippen LogP) is 2.03. The van der Waals surface area contributed by atoms with Gasteiger partial charge in [-0.15, -0.1) is 0 Å². The van der Waals surface area contributed by atoms with E-state index in [1.165, 1.54) is 0 Å². The average Bonchev–Trinajstić information content (AvgIpc) is 2.28. The van der Waals surface area contributed by atoms with E-state index in [0.717, 1.165) is 18.4 Å². The lowest BCUT2D eigenvalue weighted by molar-refractivity contribution is 0.0802. The van der Waals surface area contributed by atoms with Gasteiger partial charge in [-0.3, -0.25) is 0 Å². The molecule has 0 aromatic rings. The summed E-state index contributed by atoms with van der Waals surface area (Å²) >= 11 is 0. The monoisotopic (exact) mass is 254 g/mol. The molecule has 3 N–H and O–H groups in total. The normalized spacial score (nSPS) is 32.3. The fraction of sp³-hybridized carbons (Fsp3) is 0.733. The highest BCUT2D eigenvalue weighted by Crippen LogP contribution is 2.32. The highest BCUT2D eigenvalue weighted by molar-refractivity contribution is 5.07. The molecule has 0 saturated heterocycles. The zero-order chi connectivity index (χ0) is 13.8. The van der Waals surface area contributed by atoms with E-state index in [9.17, 15) is 10.2 Å². The second kappa shape index (κ2) is 6.50. The first-order chi connectivity index (χ1) is 8.34. The van der Waals surface area contributed by atoms with Crippen LogP contribution in [0.2, 0.25) is 0 Å². The molecule has 0 aromatic heterocycles. The van der Waals surface area contributed by atoms with Gasteiger partial charge in [0.05, 0.1) is 18.3 Å². The summed E-state index contributed by atoms with van der Waals surface area (Å²) in [6.45, 7) is 5.76. The Morgan fingerprint density at radius 3 is 2.72 bits per heavy atom. The van der Waals surface area contributed by atoms with Gasteiger partial charge >= 0.3 is 0 Å². The van der Waals surface area contributed by atoms with Crippen molar-refractivity contribution >= 4 is 0 Å². The van der Waals surface area contributed by atoms with Crippen LogP contribution in [0, 0.1) is 11.8 Å². The van der Waals surface area contributed by atoms with Crippen LogP contribution in [0.25, 0.3) is 0 Å². The molecule has 0 spiro atoms. The zero-order valence-electron chi connectivity index (χ0n) is 11.6. The Morgan fingerprint density at radius 2 is 2.22 bits per heavy atom. The van der Waals surface area contributed by atoms with Gasteiger partial charge in [-0.1, -0.05) is 25.2 Å². The molecule has 1 aliphatic carbocycles. The molecule has 1 aliphatic rings. The first-order valence-corrected chi connectivity index (χ1v) is 6.72. The van der Waals surface area contributed by atoms with Gasteiger partial charge in [-0.05, 0) is 50.5 Å². The molecular weight excluding hydrogens is 228 g/mol. The van der Waals surface area contributed by atoms with Gasteiger partial charge in [0.1, 0.15) is 0 Å². The summed E-state index contributed by atoms with van der Waals surface area (Å²) < 4.78 is 0. The van der Waals surface area contributed by atoms with Crippen LogP contribution in [0.3, 0.4) is 0 Å². The molecule has 0 saturated carbocycles. The molecule has 18 heavy (non-hydrogen) atoms. The molecule has 0 aliphatic heterocycles. The maximum atomic E-state index is 9.89. The number of rotatable bonds is 5. The van der Waals surface area contributed by atoms with Gasteiger partial charge < -0.3 is 15.3 Å². The Labute approximate surface area is 110 Å². The molecule has 3 heteroatoms. The number of hydrogen-bond donors (Lipinski definition) is 3. The van der Waals surface area contributed by atoms with Crippen molar-refractivity contribution in [2.24, 2.45) is 11.8 Å². The van der Waals surface area contributed by atoms with Gasteiger partial charge in [0.25, 0.3) is 0 Å². The molecule has 0 bridgehead atoms. The molecule has 0 radical (unpaired) electrons. The van der Waals surface area contributed by atoms with Crippen LogP contribution in [0.4, 0.5) is 0 Å². The summed E-state index contributed by atoms with van der Waals surface area (Å²) in [4.78, 5) is 0. The molecule has 0 heterocycles. The predicted molar refractivity (Wildman–Crippen MR) is 73.1 cm³/mol. The van der Waals surface area contributed by atoms with Crippen molar-refractivity contribution in [2.45, 2.75) is 51.7 Å². The van der Waals surface area contributed by atoms with E-state index in [1.807, 2.05) is 19.9 Å². The topological polar surface area (TPSA) is 60.7 Å². The second-order valence-electron chi connectivity index (χ2n) is 5.87. The van der Waals surface area contributed by atoms with Crippen LogP contribution in [0.1, 0.15) is 40.0 Å². The van der Waals surface area contributed by atoms with Crippen molar-refractivity contribution < 1.29 is 15.3 Å². The standard InChI is InChI=1S/C15H26O3/c1-11(10-16)8-14(17)9-12(2)13-4-6-15(3,18)7-5-13/h4,6,8,12-14,16-18H,5,7,9-10H2,1-3H3. The minimum atomic E-state index is -0.664. The fourth-order valence-electron chi connectivity index (χ4n) is 2.45. The molecule has 4 atom stereocenters. The first kappa shape index (κ1) is 15.4. The Hall–Kier alpha value is -0.640. The van der Waals surface area contributed by atoms with Gasteiger partial charge in [-0.2, -0.15) is 0 Å². The van der Waals surface area contributed by atoms with Crippen LogP contribution in [0.15, 0.2) is 23.8 Å². The second-order valence-corrected chi connectivity index (χ2v) is 5.87. The van der Waals surface area contributed by atoms with Crippen molar-refractivity contribution in [3.05, 3.63) is 23.8 Å². The summed E-state index contributed by atoms with van der Waals surface area (Å²) in [6, 6.07) is 0. The van der Waals surface area contributed by atoms with E-state index in [-0.39, 0.29) is 6.61 Å². The fourth-order valence-corrected chi connectivity index (χ4v) is 2.45. The Balaban J connectivity index is 2.49. The number of aliphatic hydroxyl groups excluding tert-OH is 2. The van der Waals surface area contributed by atoms with Crippen LogP contribution < -0.4 is 0 Å². The minimum Gasteiger partial charge on any atom is -0.392 e. The largest absolute Gasteiger partial charge is 0.392 e. The summed E-state index contributed by atoms with van der Waals surface area (Å²) in [6.07, 6.45) is 7.60. The molecule has 3 nitrogen and oxygen atoms in total. The molecule has 0 aromatic carbocycles. The third-order valence-corrected chi connectivity index (χ3v) is 3.76. The van der Waals surface area contributed by atoms with Crippen LogP contribution in [0.5, 0.6) is 0 Å². The van der Waals surface area contributed by atoms with Gasteiger partial charge in [0.2, 0.25) is 0 Å². The zero-order valence-corrected chi connectivity index (χ0v) is 11.6. The third kappa shape index (κ3) is 4.92. The van der Waals surface area contributed by atoms with Gasteiger partial charge in [0.15, 0.2) is 0 Å². The minimum absolute atomic E-state index is 0.00234. The molecule has 4 unspecified atom stereocenters. The van der Waals surface area contributed by atoms with Crippen molar-refractivity contribution in [1.82, 2.24) is 0 Å². The highest BCUT2D eigenvalue weighted by atomic mass is 16.3. The van der Waals surface area contributed by atoms with Crippen molar-refractivity contribution in [2.75, 3.05) is 6.61 Å². The lowest BCUT2D eigenvalue weighted by Crippen LogP contribution is -2.28. The Morgan fingerprint density at radius 1 is 1.56 bits per heavy atom. The van der Waals surface area contributed by atoms with E-state index in [1.54, 1.807) is 6.08 Å². The molecule has 0 amide bonds. The molecular formula is C15H26O3. The van der Waals surface area contributed by atoms with E-state index in [4.69, 9.17) is 5.11 Å². The quantitative estimate of drug-likeness (QED) is 0.658. The van der Waals surface area contributed by atoms with Crippen molar-refractivity contribution in [3.8, 4) is 0 Å². The molecule has 0 fully saturated rings. The highest BCUT2D eigenvalue weighted by Gasteiger charge is 2.26. The maximum absolute atomic E-state index is 9.89.